The van der Waals surface area contributed by atoms with Gasteiger partial charge < -0.3 is 24.0 Å². The highest BCUT2D eigenvalue weighted by Crippen LogP contribution is 2.37. The molecule has 0 saturated carbocycles. The molecule has 0 spiro atoms. The molecule has 264 valence electrons. The summed E-state index contributed by atoms with van der Waals surface area (Å²) < 4.78 is 24.1. The Morgan fingerprint density at radius 1 is 0.620 bits per heavy atom. The van der Waals surface area contributed by atoms with Crippen LogP contribution in [0.5, 0.6) is 0 Å². The summed E-state index contributed by atoms with van der Waals surface area (Å²) in [4.78, 5) is 41.1. The summed E-state index contributed by atoms with van der Waals surface area (Å²) >= 11 is 0. The molecule has 1 atom stereocenters. The third-order valence-electron chi connectivity index (χ3n) is 8.22. The molecule has 9 heteroatoms. The van der Waals surface area contributed by atoms with Gasteiger partial charge in [-0.05, 0) is 53.7 Å². The summed E-state index contributed by atoms with van der Waals surface area (Å²) in [6.45, 7) is 11.7. The van der Waals surface area contributed by atoms with Crippen molar-refractivity contribution in [2.45, 2.75) is 77.9 Å². The summed E-state index contributed by atoms with van der Waals surface area (Å²) in [7, 11) is -2.98. The predicted octanol–water partition coefficient (Wildman–Crippen LogP) is 6.95. The van der Waals surface area contributed by atoms with E-state index in [1.165, 1.54) is 0 Å². The zero-order valence-electron chi connectivity index (χ0n) is 29.9. The maximum absolute atomic E-state index is 13.9. The highest BCUT2D eigenvalue weighted by molar-refractivity contribution is 6.99. The normalized spacial score (nSPS) is 12.5. The Balaban J connectivity index is 1.69. The first-order chi connectivity index (χ1) is 23.8. The van der Waals surface area contributed by atoms with Gasteiger partial charge in [-0.1, -0.05) is 142 Å². The minimum absolute atomic E-state index is 0.0557. The van der Waals surface area contributed by atoms with Gasteiger partial charge in [-0.25, -0.2) is 4.79 Å². The fourth-order valence-corrected chi connectivity index (χ4v) is 10.5. The lowest BCUT2D eigenvalue weighted by Crippen LogP contribution is -2.66. The average Bonchev–Trinajstić information content (AvgIpc) is 3.08. The van der Waals surface area contributed by atoms with Crippen molar-refractivity contribution in [2.24, 2.45) is 5.92 Å². The molecule has 1 N–H and O–H groups in total. The topological polar surface area (TPSA) is 100 Å². The van der Waals surface area contributed by atoms with Gasteiger partial charge in [0.15, 0.2) is 5.92 Å². The first-order valence-corrected chi connectivity index (χ1v) is 18.9. The number of amides is 1. The van der Waals surface area contributed by atoms with Crippen LogP contribution in [0.4, 0.5) is 4.79 Å². The first-order valence-electron chi connectivity index (χ1n) is 17.0. The van der Waals surface area contributed by atoms with Crippen LogP contribution >= 0.6 is 0 Å². The van der Waals surface area contributed by atoms with Crippen molar-refractivity contribution in [2.75, 3.05) is 6.61 Å². The van der Waals surface area contributed by atoms with Crippen LogP contribution in [0.25, 0.3) is 0 Å². The fourth-order valence-electron chi connectivity index (χ4n) is 5.94. The van der Waals surface area contributed by atoms with Gasteiger partial charge in [-0.3, -0.25) is 9.59 Å². The molecule has 0 aliphatic carbocycles. The molecule has 0 bridgehead atoms. The standard InChI is InChI=1S/C41H49NO7Si/c1-40(2,3)49-39(45)42-35(27-28-48-50(41(4,5)6,33-23-15-9-16-24-33)34-25-17-10-18-26-34)36(37(43)46-29-31-19-11-7-12-20-31)38(44)47-30-32-21-13-8-14-22-32/h7-26,35-36H,27-30H2,1-6H3,(H,42,45)/t35-/m1/s1. The fraction of sp³-hybridized carbons (Fsp3) is 0.341. The molecule has 0 unspecified atom stereocenters. The predicted molar refractivity (Wildman–Crippen MR) is 197 cm³/mol. The molecule has 4 aromatic rings. The summed E-state index contributed by atoms with van der Waals surface area (Å²) in [5.41, 5.74) is 0.685. The number of carbonyl (C=O) groups is 3. The maximum Gasteiger partial charge on any atom is 0.407 e. The molecule has 0 aliphatic rings. The van der Waals surface area contributed by atoms with E-state index >= 15 is 0 Å². The van der Waals surface area contributed by atoms with E-state index in [1.54, 1.807) is 20.8 Å². The molecule has 0 saturated heterocycles. The smallest absolute Gasteiger partial charge is 0.407 e. The van der Waals surface area contributed by atoms with Crippen LogP contribution in [0.2, 0.25) is 5.04 Å². The lowest BCUT2D eigenvalue weighted by molar-refractivity contribution is -0.165. The minimum atomic E-state index is -2.98. The van der Waals surface area contributed by atoms with E-state index in [-0.39, 0.29) is 31.3 Å². The molecular weight excluding hydrogens is 647 g/mol. The molecule has 8 nitrogen and oxygen atoms in total. The van der Waals surface area contributed by atoms with Gasteiger partial charge in [-0.15, -0.1) is 0 Å². The van der Waals surface area contributed by atoms with E-state index in [2.05, 4.69) is 50.4 Å². The third-order valence-corrected chi connectivity index (χ3v) is 13.3. The van der Waals surface area contributed by atoms with E-state index in [0.29, 0.717) is 0 Å². The van der Waals surface area contributed by atoms with Crippen LogP contribution in [0, 0.1) is 5.92 Å². The van der Waals surface area contributed by atoms with Gasteiger partial charge in [0.25, 0.3) is 8.32 Å². The Morgan fingerprint density at radius 2 is 1.02 bits per heavy atom. The van der Waals surface area contributed by atoms with E-state index < -0.39 is 43.9 Å². The number of nitrogens with one attached hydrogen (secondary N) is 1. The number of rotatable bonds is 14. The SMILES string of the molecule is CC(C)(C)OC(=O)N[C@H](CCO[Si](c1ccccc1)(c1ccccc1)C(C)(C)C)C(C(=O)OCc1ccccc1)C(=O)OCc1ccccc1. The van der Waals surface area contributed by atoms with E-state index in [9.17, 15) is 14.4 Å². The van der Waals surface area contributed by atoms with Gasteiger partial charge >= 0.3 is 18.0 Å². The van der Waals surface area contributed by atoms with Crippen LogP contribution in [0.3, 0.4) is 0 Å². The quantitative estimate of drug-likeness (QED) is 0.0660. The first kappa shape index (κ1) is 38.1. The zero-order chi connectivity index (χ0) is 36.2. The molecule has 0 radical (unpaired) electrons. The number of carbonyl (C=O) groups excluding carboxylic acids is 3. The maximum atomic E-state index is 13.9. The lowest BCUT2D eigenvalue weighted by Gasteiger charge is -2.43. The highest BCUT2D eigenvalue weighted by Gasteiger charge is 2.50. The number of esters is 2. The second-order valence-electron chi connectivity index (χ2n) is 14.2. The summed E-state index contributed by atoms with van der Waals surface area (Å²) in [5, 5.41) is 4.66. The number of benzene rings is 4. The van der Waals surface area contributed by atoms with Gasteiger partial charge in [-0.2, -0.15) is 0 Å². The van der Waals surface area contributed by atoms with Gasteiger partial charge in [0.1, 0.15) is 18.8 Å². The minimum Gasteiger partial charge on any atom is -0.460 e. The zero-order valence-corrected chi connectivity index (χ0v) is 30.9. The molecule has 0 heterocycles. The van der Waals surface area contributed by atoms with Crippen molar-refractivity contribution in [1.82, 2.24) is 5.32 Å². The number of ether oxygens (including phenoxy) is 3. The molecule has 4 rings (SSSR count). The van der Waals surface area contributed by atoms with E-state index in [0.717, 1.165) is 21.5 Å². The Labute approximate surface area is 297 Å². The Kier molecular flexibility index (Phi) is 13.2. The number of hydrogen-bond donors (Lipinski definition) is 1. The van der Waals surface area contributed by atoms with Crippen molar-refractivity contribution in [3.63, 3.8) is 0 Å². The van der Waals surface area contributed by atoms with Gasteiger partial charge in [0.2, 0.25) is 0 Å². The molecule has 4 aromatic carbocycles. The van der Waals surface area contributed by atoms with Crippen LogP contribution < -0.4 is 15.7 Å². The summed E-state index contributed by atoms with van der Waals surface area (Å²) in [5.74, 6) is -3.14. The molecular formula is C41H49NO7Si. The van der Waals surface area contributed by atoms with Gasteiger partial charge in [0.05, 0.1) is 6.04 Å². The van der Waals surface area contributed by atoms with Crippen molar-refractivity contribution in [1.29, 1.82) is 0 Å². The summed E-state index contributed by atoms with van der Waals surface area (Å²) in [6.07, 6.45) is -0.681. The third kappa shape index (κ3) is 10.4. The highest BCUT2D eigenvalue weighted by atomic mass is 28.4. The lowest BCUT2D eigenvalue weighted by atomic mass is 9.97. The van der Waals surface area contributed by atoms with Crippen molar-refractivity contribution < 1.29 is 33.0 Å². The van der Waals surface area contributed by atoms with Crippen molar-refractivity contribution in [3.05, 3.63) is 132 Å². The van der Waals surface area contributed by atoms with Crippen molar-refractivity contribution >= 4 is 36.7 Å². The van der Waals surface area contributed by atoms with Crippen LogP contribution in [0.15, 0.2) is 121 Å². The van der Waals surface area contributed by atoms with E-state index in [1.807, 2.05) is 97.1 Å². The number of hydrogen-bond acceptors (Lipinski definition) is 7. The van der Waals surface area contributed by atoms with Gasteiger partial charge in [0, 0.05) is 6.61 Å². The molecule has 0 aromatic heterocycles. The Morgan fingerprint density at radius 3 is 1.40 bits per heavy atom. The molecule has 1 amide bonds. The monoisotopic (exact) mass is 695 g/mol. The van der Waals surface area contributed by atoms with Crippen LogP contribution in [0.1, 0.15) is 59.1 Å². The largest absolute Gasteiger partial charge is 0.460 e. The van der Waals surface area contributed by atoms with Crippen molar-refractivity contribution in [3.8, 4) is 0 Å². The molecule has 0 aliphatic heterocycles. The van der Waals surface area contributed by atoms with Crippen LogP contribution in [-0.4, -0.2) is 44.6 Å². The summed E-state index contributed by atoms with van der Waals surface area (Å²) in [6, 6.07) is 37.6. The molecule has 50 heavy (non-hydrogen) atoms. The molecule has 0 fully saturated rings. The van der Waals surface area contributed by atoms with E-state index in [4.69, 9.17) is 18.6 Å². The number of alkyl carbamates (subject to hydrolysis) is 1. The average molecular weight is 696 g/mol. The van der Waals surface area contributed by atoms with Crippen LogP contribution in [-0.2, 0) is 41.4 Å². The Hall–Kier alpha value is -4.73. The second kappa shape index (κ2) is 17.3. The Bertz CT molecular complexity index is 1560. The second-order valence-corrected chi connectivity index (χ2v) is 18.5.